The molecule has 0 heterocycles. The summed E-state index contributed by atoms with van der Waals surface area (Å²) in [7, 11) is 0. The van der Waals surface area contributed by atoms with Crippen LogP contribution >= 0.6 is 0 Å². The Morgan fingerprint density at radius 3 is 2.10 bits per heavy atom. The topological polar surface area (TPSA) is 26.0 Å². The predicted octanol–water partition coefficient (Wildman–Crippen LogP) is 5.03. The molecule has 0 saturated heterocycles. The van der Waals surface area contributed by atoms with Crippen LogP contribution in [0.2, 0.25) is 0 Å². The second-order valence-electron chi connectivity index (χ2n) is 6.73. The van der Waals surface area contributed by atoms with E-state index in [1.165, 1.54) is 22.3 Å². The van der Waals surface area contributed by atoms with Gasteiger partial charge in [0.1, 0.15) is 0 Å². The lowest BCUT2D eigenvalue weighted by molar-refractivity contribution is 0.590. The highest BCUT2D eigenvalue weighted by Gasteiger charge is 2.15. The molecular formula is C19H25N. The number of nitrogens with two attached hydrogens (primary N) is 1. The molecule has 0 bridgehead atoms. The molecule has 0 saturated carbocycles. The zero-order valence-corrected chi connectivity index (χ0v) is 13.2. The quantitative estimate of drug-likeness (QED) is 0.759. The number of benzene rings is 2. The Labute approximate surface area is 122 Å². The van der Waals surface area contributed by atoms with Crippen LogP contribution in [0.4, 0.5) is 5.69 Å². The predicted molar refractivity (Wildman–Crippen MR) is 88.3 cm³/mol. The molecule has 0 aromatic heterocycles. The van der Waals surface area contributed by atoms with E-state index in [9.17, 15) is 0 Å². The molecule has 0 amide bonds. The van der Waals surface area contributed by atoms with Crippen molar-refractivity contribution >= 4 is 5.69 Å². The van der Waals surface area contributed by atoms with Gasteiger partial charge in [0.15, 0.2) is 0 Å². The summed E-state index contributed by atoms with van der Waals surface area (Å²) in [6.07, 6.45) is 0. The molecular weight excluding hydrogens is 242 g/mol. The lowest BCUT2D eigenvalue weighted by atomic mass is 9.84. The maximum Gasteiger partial charge on any atom is 0.0352 e. The summed E-state index contributed by atoms with van der Waals surface area (Å²) in [6.45, 7) is 11.0. The highest BCUT2D eigenvalue weighted by Crippen LogP contribution is 2.31. The van der Waals surface area contributed by atoms with Crippen molar-refractivity contribution < 1.29 is 0 Å². The fourth-order valence-electron chi connectivity index (χ4n) is 2.52. The summed E-state index contributed by atoms with van der Waals surface area (Å²) in [5, 5.41) is 0. The van der Waals surface area contributed by atoms with E-state index in [1.54, 1.807) is 0 Å². The second kappa shape index (κ2) is 5.32. The third kappa shape index (κ3) is 3.04. The molecule has 0 aliphatic carbocycles. The van der Waals surface area contributed by atoms with Gasteiger partial charge in [0, 0.05) is 11.6 Å². The first-order valence-corrected chi connectivity index (χ1v) is 7.25. The highest BCUT2D eigenvalue weighted by atomic mass is 14.6. The summed E-state index contributed by atoms with van der Waals surface area (Å²) in [6, 6.07) is 15.2. The molecule has 1 atom stereocenters. The Morgan fingerprint density at radius 2 is 1.55 bits per heavy atom. The molecule has 2 aromatic carbocycles. The van der Waals surface area contributed by atoms with Crippen molar-refractivity contribution in [2.45, 2.75) is 46.0 Å². The number of nitrogen functional groups attached to an aromatic ring is 1. The normalized spacial score (nSPS) is 13.2. The third-order valence-electron chi connectivity index (χ3n) is 3.99. The second-order valence-corrected chi connectivity index (χ2v) is 6.73. The van der Waals surface area contributed by atoms with Gasteiger partial charge in [-0.05, 0) is 35.1 Å². The molecule has 0 spiro atoms. The minimum Gasteiger partial charge on any atom is -0.398 e. The SMILES string of the molecule is Cc1ccc(N)c(C(C)c2ccc(C(C)(C)C)cc2)c1. The molecule has 0 aliphatic heterocycles. The van der Waals surface area contributed by atoms with E-state index in [0.29, 0.717) is 5.92 Å². The molecule has 1 nitrogen and oxygen atoms in total. The molecule has 0 aliphatic rings. The van der Waals surface area contributed by atoms with E-state index >= 15 is 0 Å². The van der Waals surface area contributed by atoms with Crippen LogP contribution in [0.25, 0.3) is 0 Å². The number of hydrogen-bond donors (Lipinski definition) is 1. The highest BCUT2D eigenvalue weighted by molar-refractivity contribution is 5.53. The average Bonchev–Trinajstić information content (AvgIpc) is 2.40. The van der Waals surface area contributed by atoms with Gasteiger partial charge in [-0.1, -0.05) is 69.7 Å². The smallest absolute Gasteiger partial charge is 0.0352 e. The maximum atomic E-state index is 6.13. The molecule has 106 valence electrons. The van der Waals surface area contributed by atoms with Crippen molar-refractivity contribution in [3.05, 3.63) is 64.7 Å². The summed E-state index contributed by atoms with van der Waals surface area (Å²) < 4.78 is 0. The van der Waals surface area contributed by atoms with Crippen molar-refractivity contribution in [1.82, 2.24) is 0 Å². The monoisotopic (exact) mass is 267 g/mol. The van der Waals surface area contributed by atoms with Crippen LogP contribution in [0, 0.1) is 6.92 Å². The van der Waals surface area contributed by atoms with Crippen LogP contribution < -0.4 is 5.73 Å². The number of rotatable bonds is 2. The number of aryl methyl sites for hydroxylation is 1. The van der Waals surface area contributed by atoms with Gasteiger partial charge >= 0.3 is 0 Å². The third-order valence-corrected chi connectivity index (χ3v) is 3.99. The first-order chi connectivity index (χ1) is 9.29. The Hall–Kier alpha value is -1.76. The van der Waals surface area contributed by atoms with Crippen LogP contribution in [0.3, 0.4) is 0 Å². The van der Waals surface area contributed by atoms with Gasteiger partial charge in [-0.15, -0.1) is 0 Å². The Morgan fingerprint density at radius 1 is 0.950 bits per heavy atom. The van der Waals surface area contributed by atoms with E-state index < -0.39 is 0 Å². The molecule has 1 heteroatoms. The van der Waals surface area contributed by atoms with Crippen molar-refractivity contribution in [2.75, 3.05) is 5.73 Å². The summed E-state index contributed by atoms with van der Waals surface area (Å²) >= 11 is 0. The summed E-state index contributed by atoms with van der Waals surface area (Å²) in [5.74, 6) is 0.323. The average molecular weight is 267 g/mol. The summed E-state index contributed by atoms with van der Waals surface area (Å²) in [5.41, 5.74) is 12.4. The minimum atomic E-state index is 0.199. The van der Waals surface area contributed by atoms with Gasteiger partial charge in [0.05, 0.1) is 0 Å². The van der Waals surface area contributed by atoms with Crippen molar-refractivity contribution in [1.29, 1.82) is 0 Å². The van der Waals surface area contributed by atoms with Crippen LogP contribution in [-0.4, -0.2) is 0 Å². The van der Waals surface area contributed by atoms with Gasteiger partial charge in [-0.2, -0.15) is 0 Å². The van der Waals surface area contributed by atoms with E-state index in [4.69, 9.17) is 5.73 Å². The van der Waals surface area contributed by atoms with Gasteiger partial charge in [-0.3, -0.25) is 0 Å². The zero-order valence-electron chi connectivity index (χ0n) is 13.2. The van der Waals surface area contributed by atoms with E-state index in [0.717, 1.165) is 5.69 Å². The number of anilines is 1. The first kappa shape index (κ1) is 14.6. The van der Waals surface area contributed by atoms with Gasteiger partial charge in [0.2, 0.25) is 0 Å². The molecule has 2 rings (SSSR count). The Balaban J connectivity index is 2.34. The maximum absolute atomic E-state index is 6.13. The first-order valence-electron chi connectivity index (χ1n) is 7.25. The Kier molecular flexibility index (Phi) is 3.89. The lowest BCUT2D eigenvalue weighted by Crippen LogP contribution is -2.11. The molecule has 2 N–H and O–H groups in total. The van der Waals surface area contributed by atoms with E-state index in [2.05, 4.69) is 71.0 Å². The molecule has 0 fully saturated rings. The van der Waals surface area contributed by atoms with Crippen LogP contribution in [0.15, 0.2) is 42.5 Å². The molecule has 1 unspecified atom stereocenters. The lowest BCUT2D eigenvalue weighted by Gasteiger charge is -2.21. The fraction of sp³-hybridized carbons (Fsp3) is 0.368. The zero-order chi connectivity index (χ0) is 14.9. The van der Waals surface area contributed by atoms with Gasteiger partial charge in [0.25, 0.3) is 0 Å². The van der Waals surface area contributed by atoms with Crippen molar-refractivity contribution in [2.24, 2.45) is 0 Å². The van der Waals surface area contributed by atoms with Crippen molar-refractivity contribution in [3.8, 4) is 0 Å². The van der Waals surface area contributed by atoms with E-state index in [1.807, 2.05) is 6.07 Å². The number of hydrogen-bond acceptors (Lipinski definition) is 1. The van der Waals surface area contributed by atoms with Crippen LogP contribution in [0.5, 0.6) is 0 Å². The Bertz CT molecular complexity index is 588. The van der Waals surface area contributed by atoms with Crippen LogP contribution in [-0.2, 0) is 5.41 Å². The van der Waals surface area contributed by atoms with Crippen LogP contribution in [0.1, 0.15) is 55.9 Å². The molecule has 0 radical (unpaired) electrons. The van der Waals surface area contributed by atoms with Crippen molar-refractivity contribution in [3.63, 3.8) is 0 Å². The minimum absolute atomic E-state index is 0.199. The van der Waals surface area contributed by atoms with E-state index in [-0.39, 0.29) is 5.41 Å². The molecule has 20 heavy (non-hydrogen) atoms. The molecule has 2 aromatic rings. The fourth-order valence-corrected chi connectivity index (χ4v) is 2.52. The van der Waals surface area contributed by atoms with Gasteiger partial charge < -0.3 is 5.73 Å². The summed E-state index contributed by atoms with van der Waals surface area (Å²) in [4.78, 5) is 0. The largest absolute Gasteiger partial charge is 0.398 e. The van der Waals surface area contributed by atoms with Gasteiger partial charge in [-0.25, -0.2) is 0 Å². The standard InChI is InChI=1S/C19H25N/c1-13-6-11-18(20)17(12-13)14(2)15-7-9-16(10-8-15)19(3,4)5/h6-12,14H,20H2,1-5H3.